The van der Waals surface area contributed by atoms with Gasteiger partial charge in [-0.3, -0.25) is 0 Å². The van der Waals surface area contributed by atoms with Crippen molar-refractivity contribution in [1.82, 2.24) is 0 Å². The normalized spacial score (nSPS) is 30.2. The average Bonchev–Trinajstić information content (AvgIpc) is 2.25. The zero-order valence-electron chi connectivity index (χ0n) is 9.97. The first-order valence-corrected chi connectivity index (χ1v) is 6.55. The Morgan fingerprint density at radius 2 is 1.93 bits per heavy atom. The van der Waals surface area contributed by atoms with E-state index in [4.69, 9.17) is 5.73 Å². The maximum atomic E-state index is 6.30. The van der Waals surface area contributed by atoms with Crippen LogP contribution in [0.4, 0.5) is 0 Å². The van der Waals surface area contributed by atoms with E-state index < -0.39 is 0 Å². The van der Waals surface area contributed by atoms with Crippen LogP contribution in [0, 0.1) is 11.8 Å². The summed E-state index contributed by atoms with van der Waals surface area (Å²) in [6, 6.07) is 0.486. The third-order valence-corrected chi connectivity index (χ3v) is 3.93. The summed E-state index contributed by atoms with van der Waals surface area (Å²) in [5.41, 5.74) is 6.30. The largest absolute Gasteiger partial charge is 0.327 e. The van der Waals surface area contributed by atoms with E-state index in [2.05, 4.69) is 13.8 Å². The molecule has 14 heavy (non-hydrogen) atoms. The maximum Gasteiger partial charge on any atom is 0.00698 e. The van der Waals surface area contributed by atoms with Crippen LogP contribution in [0.15, 0.2) is 0 Å². The highest BCUT2D eigenvalue weighted by molar-refractivity contribution is 4.82. The molecule has 0 aromatic rings. The van der Waals surface area contributed by atoms with Gasteiger partial charge in [0.05, 0.1) is 0 Å². The fourth-order valence-corrected chi connectivity index (χ4v) is 2.96. The monoisotopic (exact) mass is 197 g/mol. The van der Waals surface area contributed by atoms with Gasteiger partial charge in [-0.1, -0.05) is 52.4 Å². The molecule has 2 N–H and O–H groups in total. The fraction of sp³-hybridized carbons (Fsp3) is 1.00. The first kappa shape index (κ1) is 12.0. The van der Waals surface area contributed by atoms with Gasteiger partial charge in [0, 0.05) is 6.04 Å². The van der Waals surface area contributed by atoms with Gasteiger partial charge in [0.1, 0.15) is 0 Å². The lowest BCUT2D eigenvalue weighted by Crippen LogP contribution is -2.36. The van der Waals surface area contributed by atoms with Crippen molar-refractivity contribution in [1.29, 1.82) is 0 Å². The summed E-state index contributed by atoms with van der Waals surface area (Å²) in [5, 5.41) is 0. The number of hydrogen-bond donors (Lipinski definition) is 1. The molecule has 1 heteroatoms. The van der Waals surface area contributed by atoms with Crippen molar-refractivity contribution in [2.75, 3.05) is 0 Å². The van der Waals surface area contributed by atoms with E-state index >= 15 is 0 Å². The van der Waals surface area contributed by atoms with Crippen LogP contribution in [-0.4, -0.2) is 6.04 Å². The van der Waals surface area contributed by atoms with Gasteiger partial charge in [-0.2, -0.15) is 0 Å². The Morgan fingerprint density at radius 1 is 1.21 bits per heavy atom. The maximum absolute atomic E-state index is 6.30. The summed E-state index contributed by atoms with van der Waals surface area (Å²) in [6.45, 7) is 4.58. The van der Waals surface area contributed by atoms with Gasteiger partial charge in [0.15, 0.2) is 0 Å². The molecule has 0 aromatic carbocycles. The van der Waals surface area contributed by atoms with Gasteiger partial charge in [0.2, 0.25) is 0 Å². The second kappa shape index (κ2) is 6.44. The molecule has 1 aliphatic carbocycles. The number of unbranched alkanes of at least 4 members (excludes halogenated alkanes) is 1. The molecule has 0 bridgehead atoms. The summed E-state index contributed by atoms with van der Waals surface area (Å²) >= 11 is 0. The molecule has 3 unspecified atom stereocenters. The van der Waals surface area contributed by atoms with Crippen LogP contribution in [0.1, 0.15) is 65.2 Å². The molecule has 0 saturated heterocycles. The molecule has 0 amide bonds. The van der Waals surface area contributed by atoms with Crippen molar-refractivity contribution in [3.05, 3.63) is 0 Å². The van der Waals surface area contributed by atoms with Gasteiger partial charge in [-0.15, -0.1) is 0 Å². The summed E-state index contributed by atoms with van der Waals surface area (Å²) < 4.78 is 0. The van der Waals surface area contributed by atoms with Crippen molar-refractivity contribution in [3.8, 4) is 0 Å². The SMILES string of the molecule is CCCCC(N)C1CCCCC1CC. The van der Waals surface area contributed by atoms with Crippen LogP contribution in [0.5, 0.6) is 0 Å². The molecular weight excluding hydrogens is 170 g/mol. The van der Waals surface area contributed by atoms with Crippen molar-refractivity contribution in [2.24, 2.45) is 17.6 Å². The predicted octanol–water partition coefficient (Wildman–Crippen LogP) is 3.72. The molecule has 84 valence electrons. The zero-order chi connectivity index (χ0) is 10.4. The zero-order valence-corrected chi connectivity index (χ0v) is 9.97. The summed E-state index contributed by atoms with van der Waals surface area (Å²) in [7, 11) is 0. The molecular formula is C13H27N. The van der Waals surface area contributed by atoms with Crippen molar-refractivity contribution in [2.45, 2.75) is 71.3 Å². The summed E-state index contributed by atoms with van der Waals surface area (Å²) in [6.07, 6.45) is 10.9. The highest BCUT2D eigenvalue weighted by atomic mass is 14.7. The second-order valence-corrected chi connectivity index (χ2v) is 4.92. The highest BCUT2D eigenvalue weighted by Gasteiger charge is 2.27. The Labute approximate surface area is 89.5 Å². The van der Waals surface area contributed by atoms with E-state index in [-0.39, 0.29) is 0 Å². The molecule has 1 fully saturated rings. The van der Waals surface area contributed by atoms with Gasteiger partial charge in [-0.05, 0) is 24.7 Å². The molecule has 1 nitrogen and oxygen atoms in total. The molecule has 3 atom stereocenters. The van der Waals surface area contributed by atoms with E-state index in [1.807, 2.05) is 0 Å². The van der Waals surface area contributed by atoms with E-state index in [1.54, 1.807) is 0 Å². The highest BCUT2D eigenvalue weighted by Crippen LogP contribution is 2.34. The molecule has 0 radical (unpaired) electrons. The minimum atomic E-state index is 0.486. The first-order valence-electron chi connectivity index (χ1n) is 6.55. The molecule has 1 rings (SSSR count). The van der Waals surface area contributed by atoms with E-state index in [0.29, 0.717) is 6.04 Å². The fourth-order valence-electron chi connectivity index (χ4n) is 2.96. The number of nitrogens with two attached hydrogens (primary N) is 1. The van der Waals surface area contributed by atoms with E-state index in [9.17, 15) is 0 Å². The summed E-state index contributed by atoms with van der Waals surface area (Å²) in [4.78, 5) is 0. The molecule has 0 aromatic heterocycles. The molecule has 1 saturated carbocycles. The van der Waals surface area contributed by atoms with Crippen LogP contribution >= 0.6 is 0 Å². The lowest BCUT2D eigenvalue weighted by Gasteiger charge is -2.35. The smallest absolute Gasteiger partial charge is 0.00698 e. The molecule has 0 spiro atoms. The second-order valence-electron chi connectivity index (χ2n) is 4.92. The van der Waals surface area contributed by atoms with Gasteiger partial charge in [-0.25, -0.2) is 0 Å². The average molecular weight is 197 g/mol. The van der Waals surface area contributed by atoms with Gasteiger partial charge >= 0.3 is 0 Å². The Hall–Kier alpha value is -0.0400. The standard InChI is InChI=1S/C13H27N/c1-3-5-10-13(14)12-9-7-6-8-11(12)4-2/h11-13H,3-10,14H2,1-2H3. The van der Waals surface area contributed by atoms with E-state index in [0.717, 1.165) is 11.8 Å². The lowest BCUT2D eigenvalue weighted by molar-refractivity contribution is 0.189. The van der Waals surface area contributed by atoms with Crippen molar-refractivity contribution < 1.29 is 0 Å². The topological polar surface area (TPSA) is 26.0 Å². The van der Waals surface area contributed by atoms with Crippen molar-refractivity contribution in [3.63, 3.8) is 0 Å². The van der Waals surface area contributed by atoms with Crippen LogP contribution in [0.25, 0.3) is 0 Å². The van der Waals surface area contributed by atoms with Crippen molar-refractivity contribution >= 4 is 0 Å². The van der Waals surface area contributed by atoms with Crippen LogP contribution in [-0.2, 0) is 0 Å². The van der Waals surface area contributed by atoms with Crippen LogP contribution in [0.3, 0.4) is 0 Å². The van der Waals surface area contributed by atoms with Gasteiger partial charge in [0.25, 0.3) is 0 Å². The van der Waals surface area contributed by atoms with Gasteiger partial charge < -0.3 is 5.73 Å². The Morgan fingerprint density at radius 3 is 2.57 bits per heavy atom. The Bertz CT molecular complexity index is 144. The predicted molar refractivity (Wildman–Crippen MR) is 63.2 cm³/mol. The first-order chi connectivity index (χ1) is 6.79. The third-order valence-electron chi connectivity index (χ3n) is 3.93. The molecule has 0 heterocycles. The van der Waals surface area contributed by atoms with Crippen LogP contribution in [0.2, 0.25) is 0 Å². The molecule has 1 aliphatic rings. The minimum absolute atomic E-state index is 0.486. The Balaban J connectivity index is 2.37. The third kappa shape index (κ3) is 3.27. The quantitative estimate of drug-likeness (QED) is 0.714. The number of rotatable bonds is 5. The van der Waals surface area contributed by atoms with Crippen LogP contribution < -0.4 is 5.73 Å². The molecule has 0 aliphatic heterocycles. The lowest BCUT2D eigenvalue weighted by atomic mass is 9.73. The van der Waals surface area contributed by atoms with E-state index in [1.165, 1.54) is 51.4 Å². The number of hydrogen-bond acceptors (Lipinski definition) is 1. The minimum Gasteiger partial charge on any atom is -0.327 e. The summed E-state index contributed by atoms with van der Waals surface area (Å²) in [5.74, 6) is 1.76. The Kier molecular flexibility index (Phi) is 5.54.